The van der Waals surface area contributed by atoms with Gasteiger partial charge in [-0.1, -0.05) is 44.2 Å². The Morgan fingerprint density at radius 2 is 2.00 bits per heavy atom. The van der Waals surface area contributed by atoms with Crippen LogP contribution in [0.1, 0.15) is 57.9 Å². The van der Waals surface area contributed by atoms with Gasteiger partial charge in [0.05, 0.1) is 6.10 Å². The zero-order valence-corrected chi connectivity index (χ0v) is 15.3. The van der Waals surface area contributed by atoms with E-state index in [4.69, 9.17) is 10.5 Å². The highest BCUT2D eigenvalue weighted by molar-refractivity contribution is 5.94. The lowest BCUT2D eigenvalue weighted by atomic mass is 9.84. The maximum atomic E-state index is 12.7. The standard InChI is InChI=1S/C20H32N2O2/c1-14(2)24-19(18(21)13-16-9-5-4-6-10-16)20(23)22-17-11-7-8-15(3)12-17/h7-8,11-12,14,16,18-19H,4-6,9-10,13,21H2,1-3H3,(H,22,23)/t18-,19?/m1/s1. The van der Waals surface area contributed by atoms with Crippen LogP contribution in [0.25, 0.3) is 0 Å². The summed E-state index contributed by atoms with van der Waals surface area (Å²) in [7, 11) is 0. The zero-order chi connectivity index (χ0) is 17.5. The summed E-state index contributed by atoms with van der Waals surface area (Å²) >= 11 is 0. The Morgan fingerprint density at radius 3 is 2.62 bits per heavy atom. The molecular formula is C20H32N2O2. The first-order valence-electron chi connectivity index (χ1n) is 9.24. The van der Waals surface area contributed by atoms with Gasteiger partial charge < -0.3 is 15.8 Å². The van der Waals surface area contributed by atoms with Gasteiger partial charge in [0.15, 0.2) is 6.10 Å². The molecule has 3 N–H and O–H groups in total. The third kappa shape index (κ3) is 5.91. The maximum absolute atomic E-state index is 12.7. The molecule has 1 unspecified atom stereocenters. The number of benzene rings is 1. The number of ether oxygens (including phenoxy) is 1. The Bertz CT molecular complexity index is 524. The number of hydrogen-bond acceptors (Lipinski definition) is 3. The summed E-state index contributed by atoms with van der Waals surface area (Å²) in [5.74, 6) is 0.483. The summed E-state index contributed by atoms with van der Waals surface area (Å²) < 4.78 is 5.88. The maximum Gasteiger partial charge on any atom is 0.255 e. The summed E-state index contributed by atoms with van der Waals surface area (Å²) in [4.78, 5) is 12.7. The minimum absolute atomic E-state index is 0.0318. The van der Waals surface area contributed by atoms with Crippen molar-refractivity contribution < 1.29 is 9.53 Å². The molecule has 1 saturated carbocycles. The van der Waals surface area contributed by atoms with Crippen LogP contribution in [0, 0.1) is 12.8 Å². The number of nitrogens with two attached hydrogens (primary N) is 1. The lowest BCUT2D eigenvalue weighted by Crippen LogP contribution is -2.47. The first-order chi connectivity index (χ1) is 11.5. The fourth-order valence-electron chi connectivity index (χ4n) is 3.52. The smallest absolute Gasteiger partial charge is 0.255 e. The quantitative estimate of drug-likeness (QED) is 0.792. The second kappa shape index (κ2) is 9.19. The molecule has 1 amide bonds. The van der Waals surface area contributed by atoms with Crippen molar-refractivity contribution in [3.05, 3.63) is 29.8 Å². The molecule has 4 heteroatoms. The highest BCUT2D eigenvalue weighted by atomic mass is 16.5. The third-order valence-corrected chi connectivity index (χ3v) is 4.68. The monoisotopic (exact) mass is 332 g/mol. The molecule has 2 atom stereocenters. The topological polar surface area (TPSA) is 64.3 Å². The first-order valence-corrected chi connectivity index (χ1v) is 9.24. The Balaban J connectivity index is 2.01. The molecule has 1 aromatic rings. The molecule has 1 aromatic carbocycles. The van der Waals surface area contributed by atoms with E-state index in [1.165, 1.54) is 32.1 Å². The molecule has 0 spiro atoms. The van der Waals surface area contributed by atoms with E-state index in [0.29, 0.717) is 5.92 Å². The largest absolute Gasteiger partial charge is 0.364 e. The molecule has 1 aliphatic carbocycles. The van der Waals surface area contributed by atoms with Crippen molar-refractivity contribution in [3.63, 3.8) is 0 Å². The van der Waals surface area contributed by atoms with Gasteiger partial charge in [-0.05, 0) is 50.8 Å². The molecule has 0 aliphatic heterocycles. The third-order valence-electron chi connectivity index (χ3n) is 4.68. The van der Waals surface area contributed by atoms with Gasteiger partial charge in [-0.15, -0.1) is 0 Å². The van der Waals surface area contributed by atoms with Crippen LogP contribution in [0.2, 0.25) is 0 Å². The van der Waals surface area contributed by atoms with Crippen molar-refractivity contribution >= 4 is 11.6 Å². The molecule has 0 heterocycles. The molecule has 0 aromatic heterocycles. The van der Waals surface area contributed by atoms with Crippen LogP contribution in [0.3, 0.4) is 0 Å². The van der Waals surface area contributed by atoms with Crippen molar-refractivity contribution in [2.45, 2.75) is 77.5 Å². The van der Waals surface area contributed by atoms with Crippen LogP contribution in [0.5, 0.6) is 0 Å². The normalized spacial score (nSPS) is 18.4. The summed E-state index contributed by atoms with van der Waals surface area (Å²) in [5, 5.41) is 2.96. The van der Waals surface area contributed by atoms with Crippen molar-refractivity contribution in [2.75, 3.05) is 5.32 Å². The van der Waals surface area contributed by atoms with E-state index >= 15 is 0 Å². The highest BCUT2D eigenvalue weighted by Crippen LogP contribution is 2.28. The average molecular weight is 332 g/mol. The minimum Gasteiger partial charge on any atom is -0.364 e. The van der Waals surface area contributed by atoms with Gasteiger partial charge in [-0.2, -0.15) is 0 Å². The number of nitrogens with one attached hydrogen (secondary N) is 1. The number of aryl methyl sites for hydroxylation is 1. The predicted octanol–water partition coefficient (Wildman–Crippen LogP) is 4.02. The molecule has 1 fully saturated rings. The first kappa shape index (κ1) is 18.9. The van der Waals surface area contributed by atoms with E-state index in [2.05, 4.69) is 5.32 Å². The number of anilines is 1. The Labute approximate surface area is 146 Å². The number of carbonyl (C=O) groups excluding carboxylic acids is 1. The van der Waals surface area contributed by atoms with Crippen LogP contribution in [0.15, 0.2) is 24.3 Å². The highest BCUT2D eigenvalue weighted by Gasteiger charge is 2.30. The van der Waals surface area contributed by atoms with Crippen LogP contribution in [0.4, 0.5) is 5.69 Å². The number of carbonyl (C=O) groups is 1. The fraction of sp³-hybridized carbons (Fsp3) is 0.650. The molecule has 2 rings (SSSR count). The summed E-state index contributed by atoms with van der Waals surface area (Å²) in [6.07, 6.45) is 6.56. The summed E-state index contributed by atoms with van der Waals surface area (Å²) in [6.45, 7) is 5.90. The van der Waals surface area contributed by atoms with E-state index in [1.54, 1.807) is 0 Å². The Hall–Kier alpha value is -1.39. The average Bonchev–Trinajstić information content (AvgIpc) is 2.53. The number of hydrogen-bond donors (Lipinski definition) is 2. The molecule has 1 aliphatic rings. The van der Waals surface area contributed by atoms with Gasteiger partial charge in [0.2, 0.25) is 0 Å². The van der Waals surface area contributed by atoms with Crippen molar-refractivity contribution in [1.29, 1.82) is 0 Å². The summed E-state index contributed by atoms with van der Waals surface area (Å²) in [6, 6.07) is 7.53. The molecule has 134 valence electrons. The molecule has 0 saturated heterocycles. The number of amides is 1. The van der Waals surface area contributed by atoms with Gasteiger partial charge in [0, 0.05) is 11.7 Å². The van der Waals surface area contributed by atoms with Crippen molar-refractivity contribution in [2.24, 2.45) is 11.7 Å². The number of rotatable bonds is 7. The van der Waals surface area contributed by atoms with Gasteiger partial charge in [0.1, 0.15) is 0 Å². The van der Waals surface area contributed by atoms with Crippen LogP contribution >= 0.6 is 0 Å². The molecule has 0 bridgehead atoms. The molecular weight excluding hydrogens is 300 g/mol. The van der Waals surface area contributed by atoms with Crippen molar-refractivity contribution in [3.8, 4) is 0 Å². The van der Waals surface area contributed by atoms with Crippen molar-refractivity contribution in [1.82, 2.24) is 0 Å². The lowest BCUT2D eigenvalue weighted by Gasteiger charge is -2.30. The molecule has 24 heavy (non-hydrogen) atoms. The van der Waals surface area contributed by atoms with Gasteiger partial charge in [0.25, 0.3) is 5.91 Å². The minimum atomic E-state index is -0.604. The van der Waals surface area contributed by atoms with E-state index < -0.39 is 6.10 Å². The molecule has 0 radical (unpaired) electrons. The van der Waals surface area contributed by atoms with E-state index in [1.807, 2.05) is 45.0 Å². The zero-order valence-electron chi connectivity index (χ0n) is 15.3. The van der Waals surface area contributed by atoms with Crippen LogP contribution < -0.4 is 11.1 Å². The summed E-state index contributed by atoms with van der Waals surface area (Å²) in [5.41, 5.74) is 8.30. The van der Waals surface area contributed by atoms with Gasteiger partial charge in [-0.3, -0.25) is 4.79 Å². The Morgan fingerprint density at radius 1 is 1.29 bits per heavy atom. The van der Waals surface area contributed by atoms with Crippen LogP contribution in [-0.2, 0) is 9.53 Å². The SMILES string of the molecule is Cc1cccc(NC(=O)C(OC(C)C)[C@H](N)CC2CCCCC2)c1. The van der Waals surface area contributed by atoms with E-state index in [-0.39, 0.29) is 18.1 Å². The van der Waals surface area contributed by atoms with Gasteiger partial charge >= 0.3 is 0 Å². The second-order valence-corrected chi connectivity index (χ2v) is 7.37. The lowest BCUT2D eigenvalue weighted by molar-refractivity contribution is -0.132. The fourth-order valence-corrected chi connectivity index (χ4v) is 3.52. The van der Waals surface area contributed by atoms with Gasteiger partial charge in [-0.25, -0.2) is 0 Å². The van der Waals surface area contributed by atoms with Crippen LogP contribution in [-0.4, -0.2) is 24.2 Å². The molecule has 4 nitrogen and oxygen atoms in total. The second-order valence-electron chi connectivity index (χ2n) is 7.37. The van der Waals surface area contributed by atoms with E-state index in [0.717, 1.165) is 17.7 Å². The van der Waals surface area contributed by atoms with E-state index in [9.17, 15) is 4.79 Å². The predicted molar refractivity (Wildman–Crippen MR) is 99.0 cm³/mol. The Kier molecular flexibility index (Phi) is 7.25.